The Morgan fingerprint density at radius 1 is 1.37 bits per heavy atom. The molecule has 0 saturated carbocycles. The number of nitrogens with zero attached hydrogens (tertiary/aromatic N) is 2. The summed E-state index contributed by atoms with van der Waals surface area (Å²) in [5.41, 5.74) is 0.720. The molecular weight excluding hydrogens is 301 g/mol. The van der Waals surface area contributed by atoms with Crippen LogP contribution in [0.1, 0.15) is 6.92 Å². The highest BCUT2D eigenvalue weighted by Crippen LogP contribution is 2.37. The molecule has 1 N–H and O–H groups in total. The minimum absolute atomic E-state index is 0.0727. The highest BCUT2D eigenvalue weighted by Gasteiger charge is 2.23. The standard InChI is InChI=1S/C13H15Cl2N3S/c1-3-16-11-7-8-18(13(17-11)19-2)12-9(14)5-4-6-10(12)15/h4-8,13H,3H2,1-2H3,(H,16,17). The van der Waals surface area contributed by atoms with Gasteiger partial charge in [-0.3, -0.25) is 0 Å². The van der Waals surface area contributed by atoms with E-state index >= 15 is 0 Å². The molecule has 1 aliphatic heterocycles. The first-order valence-electron chi connectivity index (χ1n) is 5.92. The molecule has 0 aliphatic carbocycles. The third kappa shape index (κ3) is 3.19. The lowest BCUT2D eigenvalue weighted by atomic mass is 10.3. The zero-order valence-corrected chi connectivity index (χ0v) is 13.1. The second kappa shape index (κ2) is 6.55. The monoisotopic (exact) mass is 315 g/mol. The number of hydrogen-bond acceptors (Lipinski definition) is 4. The van der Waals surface area contributed by atoms with Crippen LogP contribution in [0.2, 0.25) is 10.0 Å². The molecule has 19 heavy (non-hydrogen) atoms. The molecule has 0 radical (unpaired) electrons. The number of rotatable bonds is 3. The molecular formula is C13H15Cl2N3S. The highest BCUT2D eigenvalue weighted by molar-refractivity contribution is 7.99. The Hall–Kier alpha value is -0.840. The molecule has 0 aromatic heterocycles. The van der Waals surface area contributed by atoms with Crippen LogP contribution >= 0.6 is 35.0 Å². The summed E-state index contributed by atoms with van der Waals surface area (Å²) in [4.78, 5) is 6.60. The Morgan fingerprint density at radius 2 is 2.05 bits per heavy atom. The van der Waals surface area contributed by atoms with Gasteiger partial charge in [0.05, 0.1) is 15.7 Å². The highest BCUT2D eigenvalue weighted by atomic mass is 35.5. The van der Waals surface area contributed by atoms with E-state index in [0.717, 1.165) is 18.1 Å². The largest absolute Gasteiger partial charge is 0.371 e. The quantitative estimate of drug-likeness (QED) is 0.914. The summed E-state index contributed by atoms with van der Waals surface area (Å²) in [7, 11) is 0. The lowest BCUT2D eigenvalue weighted by Crippen LogP contribution is -2.34. The van der Waals surface area contributed by atoms with Gasteiger partial charge in [-0.15, -0.1) is 11.8 Å². The van der Waals surface area contributed by atoms with Crippen molar-refractivity contribution >= 4 is 46.5 Å². The molecule has 0 bridgehead atoms. The number of para-hydroxylation sites is 1. The number of nitrogens with one attached hydrogen (secondary N) is 1. The summed E-state index contributed by atoms with van der Waals surface area (Å²) in [6, 6.07) is 5.50. The smallest absolute Gasteiger partial charge is 0.174 e. The number of thioether (sulfide) groups is 1. The van der Waals surface area contributed by atoms with Gasteiger partial charge in [-0.05, 0) is 31.4 Å². The van der Waals surface area contributed by atoms with Gasteiger partial charge in [0.15, 0.2) is 5.50 Å². The van der Waals surface area contributed by atoms with E-state index in [9.17, 15) is 0 Å². The summed E-state index contributed by atoms with van der Waals surface area (Å²) in [5, 5.41) is 4.45. The fraction of sp³-hybridized carbons (Fsp3) is 0.308. The molecule has 1 aromatic carbocycles. The third-order valence-corrected chi connectivity index (χ3v) is 4.01. The van der Waals surface area contributed by atoms with Crippen LogP contribution in [-0.2, 0) is 0 Å². The maximum atomic E-state index is 6.25. The first kappa shape index (κ1) is 14.6. The topological polar surface area (TPSA) is 27.6 Å². The number of halogens is 2. The van der Waals surface area contributed by atoms with Crippen molar-refractivity contribution in [2.24, 2.45) is 4.99 Å². The second-order valence-electron chi connectivity index (χ2n) is 3.90. The van der Waals surface area contributed by atoms with E-state index in [1.54, 1.807) is 11.8 Å². The molecule has 102 valence electrons. The van der Waals surface area contributed by atoms with Gasteiger partial charge in [0.2, 0.25) is 0 Å². The van der Waals surface area contributed by atoms with Crippen molar-refractivity contribution < 1.29 is 0 Å². The first-order valence-corrected chi connectivity index (χ1v) is 7.96. The summed E-state index contributed by atoms with van der Waals surface area (Å²) >= 11 is 14.1. The van der Waals surface area contributed by atoms with Gasteiger partial charge >= 0.3 is 0 Å². The number of anilines is 1. The van der Waals surface area contributed by atoms with Gasteiger partial charge in [0, 0.05) is 12.7 Å². The minimum Gasteiger partial charge on any atom is -0.371 e. The predicted molar refractivity (Wildman–Crippen MR) is 86.5 cm³/mol. The molecule has 0 saturated heterocycles. The number of benzene rings is 1. The molecule has 0 amide bonds. The Labute approximate surface area is 127 Å². The van der Waals surface area contributed by atoms with Crippen LogP contribution in [0.5, 0.6) is 0 Å². The van der Waals surface area contributed by atoms with E-state index in [4.69, 9.17) is 23.2 Å². The fourth-order valence-electron chi connectivity index (χ4n) is 1.82. The molecule has 3 nitrogen and oxygen atoms in total. The maximum Gasteiger partial charge on any atom is 0.174 e. The van der Waals surface area contributed by atoms with E-state index in [1.165, 1.54) is 0 Å². The summed E-state index contributed by atoms with van der Waals surface area (Å²) < 4.78 is 0. The minimum atomic E-state index is -0.0727. The average Bonchev–Trinajstić information content (AvgIpc) is 2.40. The van der Waals surface area contributed by atoms with Crippen LogP contribution in [0, 0.1) is 0 Å². The van der Waals surface area contributed by atoms with Crippen LogP contribution in [0.4, 0.5) is 5.69 Å². The molecule has 1 atom stereocenters. The Balaban J connectivity index is 2.34. The zero-order chi connectivity index (χ0) is 13.8. The molecule has 1 aromatic rings. The number of hydrogen-bond donors (Lipinski definition) is 1. The van der Waals surface area contributed by atoms with E-state index in [0.29, 0.717) is 10.0 Å². The van der Waals surface area contributed by atoms with E-state index in [2.05, 4.69) is 10.3 Å². The maximum absolute atomic E-state index is 6.25. The van der Waals surface area contributed by atoms with Crippen molar-refractivity contribution in [3.8, 4) is 0 Å². The van der Waals surface area contributed by atoms with Gasteiger partial charge in [0.25, 0.3) is 0 Å². The van der Waals surface area contributed by atoms with Gasteiger partial charge < -0.3 is 10.2 Å². The molecule has 1 aliphatic rings. The van der Waals surface area contributed by atoms with Crippen molar-refractivity contribution in [3.05, 3.63) is 40.5 Å². The van der Waals surface area contributed by atoms with Crippen LogP contribution in [0.15, 0.2) is 35.5 Å². The third-order valence-electron chi connectivity index (χ3n) is 2.64. The molecule has 2 rings (SSSR count). The van der Waals surface area contributed by atoms with Crippen LogP contribution in [-0.4, -0.2) is 24.1 Å². The summed E-state index contributed by atoms with van der Waals surface area (Å²) in [5.74, 6) is 0.876. The zero-order valence-electron chi connectivity index (χ0n) is 10.7. The van der Waals surface area contributed by atoms with Crippen molar-refractivity contribution in [1.82, 2.24) is 5.32 Å². The SMILES string of the molecule is CCNC1=NC(SC)N(c2c(Cl)cccc2Cl)C=C1. The number of amidine groups is 1. The molecule has 1 heterocycles. The molecule has 0 fully saturated rings. The Kier molecular flexibility index (Phi) is 5.02. The van der Waals surface area contributed by atoms with E-state index in [1.807, 2.05) is 48.6 Å². The molecule has 0 spiro atoms. The fourth-order valence-corrected chi connectivity index (χ4v) is 3.04. The van der Waals surface area contributed by atoms with Crippen molar-refractivity contribution in [2.45, 2.75) is 12.4 Å². The Morgan fingerprint density at radius 3 is 2.63 bits per heavy atom. The van der Waals surface area contributed by atoms with Crippen molar-refractivity contribution in [1.29, 1.82) is 0 Å². The predicted octanol–water partition coefficient (Wildman–Crippen LogP) is 3.98. The van der Waals surface area contributed by atoms with Gasteiger partial charge in [-0.1, -0.05) is 29.3 Å². The van der Waals surface area contributed by atoms with Gasteiger partial charge in [-0.25, -0.2) is 4.99 Å². The summed E-state index contributed by atoms with van der Waals surface area (Å²) in [6.07, 6.45) is 5.89. The molecule has 1 unspecified atom stereocenters. The Bertz CT molecular complexity index is 496. The van der Waals surface area contributed by atoms with Gasteiger partial charge in [-0.2, -0.15) is 0 Å². The van der Waals surface area contributed by atoms with E-state index < -0.39 is 0 Å². The van der Waals surface area contributed by atoms with E-state index in [-0.39, 0.29) is 5.50 Å². The second-order valence-corrected chi connectivity index (χ2v) is 5.61. The van der Waals surface area contributed by atoms with Crippen LogP contribution in [0.25, 0.3) is 0 Å². The van der Waals surface area contributed by atoms with Crippen molar-refractivity contribution in [3.63, 3.8) is 0 Å². The normalized spacial score (nSPS) is 18.4. The lowest BCUT2D eigenvalue weighted by molar-refractivity contribution is 0.867. The van der Waals surface area contributed by atoms with Crippen LogP contribution < -0.4 is 10.2 Å². The lowest BCUT2D eigenvalue weighted by Gasteiger charge is -2.31. The average molecular weight is 316 g/mol. The number of likely N-dealkylation sites (N-methyl/N-ethyl adjacent to an activating group) is 1. The number of aliphatic imine (C=N–C) groups is 1. The van der Waals surface area contributed by atoms with Crippen molar-refractivity contribution in [2.75, 3.05) is 17.7 Å². The van der Waals surface area contributed by atoms with Gasteiger partial charge in [0.1, 0.15) is 5.84 Å². The molecule has 6 heteroatoms. The van der Waals surface area contributed by atoms with Crippen LogP contribution in [0.3, 0.4) is 0 Å². The summed E-state index contributed by atoms with van der Waals surface area (Å²) in [6.45, 7) is 2.89. The first-order chi connectivity index (χ1) is 9.17.